The Balaban J connectivity index is 3.45. The van der Waals surface area contributed by atoms with Crippen LogP contribution in [0.4, 0.5) is 5.69 Å². The normalized spacial score (nSPS) is 14.3. The molecule has 0 atom stereocenters. The van der Waals surface area contributed by atoms with Gasteiger partial charge < -0.3 is 10.4 Å². The molecule has 1 aromatic rings. The molecule has 0 aliphatic carbocycles. The second-order valence-electron chi connectivity index (χ2n) is 1.90. The number of benzene rings is 1. The average Bonchev–Trinajstić information content (AvgIpc) is 2.18. The summed E-state index contributed by atoms with van der Waals surface area (Å²) >= 11 is 0. The van der Waals surface area contributed by atoms with Crippen LogP contribution >= 0.6 is 0 Å². The topological polar surface area (TPSA) is 49.3 Å². The van der Waals surface area contributed by atoms with Crippen molar-refractivity contribution < 1.29 is 15.4 Å². The monoisotopic (exact) mass is 155 g/mol. The quantitative estimate of drug-likeness (QED) is 0.601. The summed E-state index contributed by atoms with van der Waals surface area (Å²) in [7, 11) is 0. The largest absolute Gasteiger partial charge is 0.508 e. The van der Waals surface area contributed by atoms with Crippen molar-refractivity contribution in [3.05, 3.63) is 24.2 Å². The van der Waals surface area contributed by atoms with Crippen LogP contribution in [0.15, 0.2) is 24.2 Å². The van der Waals surface area contributed by atoms with Crippen molar-refractivity contribution in [2.75, 3.05) is 5.32 Å². The van der Waals surface area contributed by atoms with Crippen molar-refractivity contribution in [3.8, 4) is 5.75 Å². The molecule has 0 radical (unpaired) electrons. The van der Waals surface area contributed by atoms with Gasteiger partial charge in [-0.1, -0.05) is 0 Å². The number of hydrogen-bond donors (Lipinski definition) is 2. The lowest BCUT2D eigenvalue weighted by molar-refractivity contribution is -0.114. The lowest BCUT2D eigenvalue weighted by Crippen LogP contribution is -2.04. The van der Waals surface area contributed by atoms with E-state index in [2.05, 4.69) is 5.32 Å². The molecule has 3 heteroatoms. The zero-order chi connectivity index (χ0) is 11.7. The van der Waals surface area contributed by atoms with E-state index in [1.165, 1.54) is 6.92 Å². The molecule has 0 unspecified atom stereocenters. The third kappa shape index (κ3) is 2.29. The molecule has 0 aromatic heterocycles. The molecule has 0 bridgehead atoms. The van der Waals surface area contributed by atoms with Gasteiger partial charge in [-0.2, -0.15) is 0 Å². The van der Waals surface area contributed by atoms with Gasteiger partial charge in [0.1, 0.15) is 5.75 Å². The molecular formula is C8H9NO2. The third-order valence-electron chi connectivity index (χ3n) is 0.913. The van der Waals surface area contributed by atoms with Gasteiger partial charge in [-0.3, -0.25) is 4.79 Å². The summed E-state index contributed by atoms with van der Waals surface area (Å²) in [5.41, 5.74) is -0.227. The minimum atomic E-state index is -0.723. The molecule has 0 aliphatic rings. The first-order valence-corrected chi connectivity index (χ1v) is 2.93. The molecular weight excluding hydrogens is 142 g/mol. The minimum Gasteiger partial charge on any atom is -0.508 e. The highest BCUT2D eigenvalue weighted by Gasteiger charge is 1.93. The molecule has 0 heterocycles. The minimum absolute atomic E-state index is 0.227. The number of nitrogens with one attached hydrogen (secondary N) is 1. The molecule has 0 fully saturated rings. The first kappa shape index (κ1) is 3.76. The fourth-order valence-corrected chi connectivity index (χ4v) is 0.544. The van der Waals surface area contributed by atoms with E-state index in [1.807, 2.05) is 0 Å². The molecule has 0 spiro atoms. The summed E-state index contributed by atoms with van der Waals surface area (Å²) in [6.45, 7) is 1.19. The van der Waals surface area contributed by atoms with E-state index < -0.39 is 35.8 Å². The average molecular weight is 155 g/mol. The molecule has 3 nitrogen and oxygen atoms in total. The van der Waals surface area contributed by atoms with Crippen molar-refractivity contribution >= 4 is 11.6 Å². The predicted molar refractivity (Wildman–Crippen MR) is 42.4 cm³/mol. The second kappa shape index (κ2) is 3.05. The number of carbonyl (C=O) groups excluding carboxylic acids is 1. The Morgan fingerprint density at radius 1 is 1.55 bits per heavy atom. The van der Waals surface area contributed by atoms with Gasteiger partial charge in [0.05, 0.1) is 5.48 Å². The smallest absolute Gasteiger partial charge is 0.221 e. The number of rotatable bonds is 1. The Bertz CT molecular complexity index is 404. The maximum atomic E-state index is 10.8. The molecule has 11 heavy (non-hydrogen) atoms. The highest BCUT2D eigenvalue weighted by Crippen LogP contribution is 2.13. The maximum absolute atomic E-state index is 10.8. The van der Waals surface area contributed by atoms with Gasteiger partial charge >= 0.3 is 0 Å². The van der Waals surface area contributed by atoms with Crippen LogP contribution in [-0.4, -0.2) is 11.0 Å². The predicted octanol–water partition coefficient (Wildman–Crippen LogP) is 1.35. The SMILES string of the molecule is [2H]c1c([2H])c(NC(C)=O)c([2H])c([2H])c1O. The van der Waals surface area contributed by atoms with Crippen molar-refractivity contribution in [3.63, 3.8) is 0 Å². The number of carbonyl (C=O) groups is 1. The Morgan fingerprint density at radius 3 is 2.55 bits per heavy atom. The zero-order valence-electron chi connectivity index (χ0n) is 9.86. The van der Waals surface area contributed by atoms with E-state index in [-0.39, 0.29) is 5.69 Å². The fourth-order valence-electron chi connectivity index (χ4n) is 0.544. The maximum Gasteiger partial charge on any atom is 0.221 e. The van der Waals surface area contributed by atoms with Crippen LogP contribution in [0.1, 0.15) is 12.4 Å². The van der Waals surface area contributed by atoms with Gasteiger partial charge in [0, 0.05) is 12.6 Å². The van der Waals surface area contributed by atoms with Crippen LogP contribution in [0, 0.1) is 0 Å². The summed E-state index contributed by atoms with van der Waals surface area (Å²) in [5.74, 6) is -1.22. The number of aromatic hydroxyl groups is 1. The summed E-state index contributed by atoms with van der Waals surface area (Å²) in [4.78, 5) is 10.8. The van der Waals surface area contributed by atoms with Gasteiger partial charge in [-0.25, -0.2) is 0 Å². The van der Waals surface area contributed by atoms with Gasteiger partial charge in [0.25, 0.3) is 0 Å². The Labute approximate surface area is 70.3 Å². The Hall–Kier alpha value is -1.51. The third-order valence-corrected chi connectivity index (χ3v) is 0.913. The standard InChI is InChI=1S/C8H9NO2/c1-6(10)9-7-2-4-8(11)5-3-7/h2-5,11H,1H3,(H,9,10)/i2D,3D,4D,5D. The van der Waals surface area contributed by atoms with Gasteiger partial charge in [-0.05, 0) is 24.2 Å². The first-order valence-electron chi connectivity index (χ1n) is 4.93. The lowest BCUT2D eigenvalue weighted by atomic mass is 10.3. The van der Waals surface area contributed by atoms with E-state index >= 15 is 0 Å². The van der Waals surface area contributed by atoms with Crippen LogP contribution in [0.25, 0.3) is 0 Å². The van der Waals surface area contributed by atoms with Gasteiger partial charge in [0.2, 0.25) is 5.91 Å². The molecule has 1 aromatic carbocycles. The molecule has 2 N–H and O–H groups in total. The number of hydrogen-bond acceptors (Lipinski definition) is 2. The van der Waals surface area contributed by atoms with Crippen LogP contribution in [0.3, 0.4) is 0 Å². The lowest BCUT2D eigenvalue weighted by Gasteiger charge is -1.99. The summed E-state index contributed by atoms with van der Waals surface area (Å²) in [5, 5.41) is 11.4. The molecule has 1 rings (SSSR count). The number of phenols is 1. The van der Waals surface area contributed by atoms with E-state index in [4.69, 9.17) is 5.48 Å². The molecule has 1 amide bonds. The van der Waals surface area contributed by atoms with Crippen LogP contribution in [-0.2, 0) is 4.79 Å². The highest BCUT2D eigenvalue weighted by molar-refractivity contribution is 5.88. The number of phenolic OH excluding ortho intramolecular Hbond substituents is 1. The second-order valence-corrected chi connectivity index (χ2v) is 1.90. The Morgan fingerprint density at radius 2 is 2.09 bits per heavy atom. The van der Waals surface area contributed by atoms with Crippen molar-refractivity contribution in [2.45, 2.75) is 6.92 Å². The van der Waals surface area contributed by atoms with E-state index in [1.54, 1.807) is 0 Å². The summed E-state index contributed by atoms with van der Waals surface area (Å²) < 4.78 is 29.4. The van der Waals surface area contributed by atoms with Gasteiger partial charge in [-0.15, -0.1) is 0 Å². The number of anilines is 1. The molecule has 0 saturated heterocycles. The van der Waals surface area contributed by atoms with Crippen LogP contribution in [0.2, 0.25) is 0 Å². The summed E-state index contributed by atoms with van der Waals surface area (Å²) in [6.07, 6.45) is 0. The van der Waals surface area contributed by atoms with Crippen molar-refractivity contribution in [1.82, 2.24) is 0 Å². The molecule has 0 saturated carbocycles. The fraction of sp³-hybridized carbons (Fsp3) is 0.125. The first-order chi connectivity index (χ1) is 6.86. The molecule has 58 valence electrons. The number of amides is 1. The summed E-state index contributed by atoms with van der Waals surface area (Å²) in [6, 6.07) is -2.08. The van der Waals surface area contributed by atoms with Gasteiger partial charge in [0.15, 0.2) is 0 Å². The van der Waals surface area contributed by atoms with Crippen molar-refractivity contribution in [1.29, 1.82) is 0 Å². The Kier molecular flexibility index (Phi) is 1.04. The zero-order valence-corrected chi connectivity index (χ0v) is 5.86. The van der Waals surface area contributed by atoms with E-state index in [0.29, 0.717) is 0 Å². The van der Waals surface area contributed by atoms with E-state index in [9.17, 15) is 9.90 Å². The molecule has 0 aliphatic heterocycles. The van der Waals surface area contributed by atoms with Crippen molar-refractivity contribution in [2.24, 2.45) is 0 Å². The van der Waals surface area contributed by atoms with Crippen LogP contribution < -0.4 is 5.32 Å². The highest BCUT2D eigenvalue weighted by atomic mass is 16.3. The van der Waals surface area contributed by atoms with Crippen LogP contribution in [0.5, 0.6) is 5.75 Å². The van der Waals surface area contributed by atoms with E-state index in [0.717, 1.165) is 0 Å².